The van der Waals surface area contributed by atoms with Crippen molar-refractivity contribution in [2.24, 2.45) is 5.92 Å². The topological polar surface area (TPSA) is 88.8 Å². The van der Waals surface area contributed by atoms with Gasteiger partial charge in [-0.05, 0) is 62.3 Å². The van der Waals surface area contributed by atoms with Crippen molar-refractivity contribution >= 4 is 11.7 Å². The Morgan fingerprint density at radius 3 is 2.60 bits per heavy atom. The summed E-state index contributed by atoms with van der Waals surface area (Å²) in [5.41, 5.74) is 2.62. The number of nitrogens with one attached hydrogen (secondary N) is 1. The Morgan fingerprint density at radius 2 is 1.87 bits per heavy atom. The van der Waals surface area contributed by atoms with E-state index in [-0.39, 0.29) is 18.0 Å². The molecule has 3 aliphatic rings. The standard InChI is InChI=1S/C22H25N7O/c1-14-3-6-20(23-11-14)27-18-10-16-4-5-19(18)28(13-16)22(30)17-9-15(2)12-24-21(17)29-25-7-8-26-29/h3,6-9,11-12,16,18-19H,4-5,10,13H2,1-2H3,(H,23,27)/t16-,18-,19+/m1/s1. The Labute approximate surface area is 175 Å². The molecule has 8 heteroatoms. The maximum atomic E-state index is 13.7. The number of hydrogen-bond acceptors (Lipinski definition) is 6. The van der Waals surface area contributed by atoms with Crippen molar-refractivity contribution in [2.75, 3.05) is 11.9 Å². The number of anilines is 1. The van der Waals surface area contributed by atoms with Gasteiger partial charge in [0.05, 0.1) is 24.0 Å². The van der Waals surface area contributed by atoms with Crippen LogP contribution in [0.4, 0.5) is 5.82 Å². The molecule has 0 spiro atoms. The monoisotopic (exact) mass is 403 g/mol. The zero-order valence-electron chi connectivity index (χ0n) is 17.2. The lowest BCUT2D eigenvalue weighted by atomic mass is 9.76. The van der Waals surface area contributed by atoms with Gasteiger partial charge in [-0.3, -0.25) is 4.79 Å². The number of carbonyl (C=O) groups excluding carboxylic acids is 1. The number of aryl methyl sites for hydroxylation is 2. The summed E-state index contributed by atoms with van der Waals surface area (Å²) in [5.74, 6) is 1.83. The van der Waals surface area contributed by atoms with E-state index in [4.69, 9.17) is 0 Å². The van der Waals surface area contributed by atoms with Crippen molar-refractivity contribution in [2.45, 2.75) is 45.2 Å². The Kier molecular flexibility index (Phi) is 4.69. The molecular formula is C22H25N7O. The Bertz CT molecular complexity index is 1050. The van der Waals surface area contributed by atoms with Crippen LogP contribution in [0.5, 0.6) is 0 Å². The van der Waals surface area contributed by atoms with Crippen molar-refractivity contribution < 1.29 is 4.79 Å². The summed E-state index contributed by atoms with van der Waals surface area (Å²) < 4.78 is 0. The Hall–Kier alpha value is -3.29. The summed E-state index contributed by atoms with van der Waals surface area (Å²) in [5, 5.41) is 11.9. The lowest BCUT2D eigenvalue weighted by molar-refractivity contribution is 0.0281. The fourth-order valence-electron chi connectivity index (χ4n) is 4.68. The molecule has 2 aliphatic heterocycles. The second-order valence-corrected chi connectivity index (χ2v) is 8.38. The number of amides is 1. The van der Waals surface area contributed by atoms with E-state index in [0.717, 1.165) is 42.8 Å². The van der Waals surface area contributed by atoms with Crippen LogP contribution in [0.25, 0.3) is 5.82 Å². The number of carbonyl (C=O) groups is 1. The molecule has 3 aromatic heterocycles. The molecule has 5 heterocycles. The highest BCUT2D eigenvalue weighted by atomic mass is 16.2. The van der Waals surface area contributed by atoms with E-state index in [1.165, 1.54) is 4.80 Å². The predicted octanol–water partition coefficient (Wildman–Crippen LogP) is 2.78. The smallest absolute Gasteiger partial charge is 0.258 e. The SMILES string of the molecule is Cc1ccc(N[C@@H]2C[C@H]3CC[C@@H]2N(C(=O)c2cc(C)cnc2-n2nccn2)C3)nc1. The van der Waals surface area contributed by atoms with E-state index in [1.54, 1.807) is 18.6 Å². The zero-order chi connectivity index (χ0) is 20.7. The van der Waals surface area contributed by atoms with Crippen LogP contribution in [0, 0.1) is 19.8 Å². The Morgan fingerprint density at radius 1 is 1.07 bits per heavy atom. The van der Waals surface area contributed by atoms with Crippen LogP contribution in [0.3, 0.4) is 0 Å². The van der Waals surface area contributed by atoms with Gasteiger partial charge in [-0.2, -0.15) is 10.2 Å². The number of piperidine rings is 2. The first-order chi connectivity index (χ1) is 14.6. The molecule has 3 atom stereocenters. The molecule has 3 aromatic rings. The van der Waals surface area contributed by atoms with Gasteiger partial charge in [0.25, 0.3) is 5.91 Å². The van der Waals surface area contributed by atoms with E-state index in [1.807, 2.05) is 37.1 Å². The number of pyridine rings is 2. The lowest BCUT2D eigenvalue weighted by Gasteiger charge is -2.50. The van der Waals surface area contributed by atoms with Gasteiger partial charge < -0.3 is 10.2 Å². The molecule has 6 rings (SSSR count). The second-order valence-electron chi connectivity index (χ2n) is 8.38. The fourth-order valence-corrected chi connectivity index (χ4v) is 4.68. The van der Waals surface area contributed by atoms with Crippen molar-refractivity contribution in [1.29, 1.82) is 0 Å². The number of hydrogen-bond donors (Lipinski definition) is 1. The normalized spacial score (nSPS) is 22.9. The van der Waals surface area contributed by atoms with Gasteiger partial charge in [0.1, 0.15) is 5.82 Å². The van der Waals surface area contributed by atoms with Crippen LogP contribution in [0.15, 0.2) is 43.0 Å². The van der Waals surface area contributed by atoms with Crippen LogP contribution in [0.1, 0.15) is 40.7 Å². The first-order valence-electron chi connectivity index (χ1n) is 10.4. The molecule has 3 fully saturated rings. The summed E-state index contributed by atoms with van der Waals surface area (Å²) in [4.78, 5) is 26.1. The first-order valence-corrected chi connectivity index (χ1v) is 10.4. The maximum Gasteiger partial charge on any atom is 0.258 e. The maximum absolute atomic E-state index is 13.7. The van der Waals surface area contributed by atoms with Gasteiger partial charge in [-0.1, -0.05) is 6.07 Å². The van der Waals surface area contributed by atoms with Gasteiger partial charge in [0, 0.05) is 25.0 Å². The summed E-state index contributed by atoms with van der Waals surface area (Å²) in [7, 11) is 0. The minimum absolute atomic E-state index is 0.00318. The molecule has 0 aromatic carbocycles. The van der Waals surface area contributed by atoms with Crippen molar-refractivity contribution in [3.8, 4) is 5.82 Å². The third kappa shape index (κ3) is 3.42. The third-order valence-electron chi connectivity index (χ3n) is 6.13. The fraction of sp³-hybridized carbons (Fsp3) is 0.409. The van der Waals surface area contributed by atoms with Crippen molar-refractivity contribution in [1.82, 2.24) is 29.9 Å². The van der Waals surface area contributed by atoms with Crippen LogP contribution in [-0.2, 0) is 0 Å². The van der Waals surface area contributed by atoms with E-state index in [2.05, 4.69) is 31.5 Å². The summed E-state index contributed by atoms with van der Waals surface area (Å²) in [6.07, 6.45) is 10.0. The molecule has 154 valence electrons. The summed E-state index contributed by atoms with van der Waals surface area (Å²) in [6, 6.07) is 6.28. The minimum atomic E-state index is -0.00318. The average molecular weight is 403 g/mol. The van der Waals surface area contributed by atoms with E-state index >= 15 is 0 Å². The molecule has 1 amide bonds. The highest BCUT2D eigenvalue weighted by Crippen LogP contribution is 2.37. The quantitative estimate of drug-likeness (QED) is 0.721. The van der Waals surface area contributed by atoms with Crippen molar-refractivity contribution in [3.63, 3.8) is 0 Å². The molecule has 0 unspecified atom stereocenters. The van der Waals surface area contributed by atoms with Gasteiger partial charge in [-0.25, -0.2) is 9.97 Å². The molecule has 1 N–H and O–H groups in total. The number of nitrogens with zero attached hydrogens (tertiary/aromatic N) is 6. The molecular weight excluding hydrogens is 378 g/mol. The molecule has 0 radical (unpaired) electrons. The second kappa shape index (κ2) is 7.51. The van der Waals surface area contributed by atoms with Crippen LogP contribution in [-0.4, -0.2) is 54.4 Å². The predicted molar refractivity (Wildman–Crippen MR) is 112 cm³/mol. The molecule has 2 saturated heterocycles. The van der Waals surface area contributed by atoms with Gasteiger partial charge in [0.15, 0.2) is 5.82 Å². The summed E-state index contributed by atoms with van der Waals surface area (Å²) in [6.45, 7) is 4.75. The Balaban J connectivity index is 1.44. The average Bonchev–Trinajstić information content (AvgIpc) is 3.30. The molecule has 1 saturated carbocycles. The number of aromatic nitrogens is 5. The molecule has 30 heavy (non-hydrogen) atoms. The van der Waals surface area contributed by atoms with E-state index in [9.17, 15) is 4.79 Å². The van der Waals surface area contributed by atoms with Crippen LogP contribution >= 0.6 is 0 Å². The highest BCUT2D eigenvalue weighted by Gasteiger charge is 2.43. The molecule has 8 nitrogen and oxygen atoms in total. The number of rotatable bonds is 4. The lowest BCUT2D eigenvalue weighted by Crippen LogP contribution is -2.60. The van der Waals surface area contributed by atoms with Crippen LogP contribution in [0.2, 0.25) is 0 Å². The van der Waals surface area contributed by atoms with Gasteiger partial charge >= 0.3 is 0 Å². The van der Waals surface area contributed by atoms with E-state index in [0.29, 0.717) is 17.3 Å². The van der Waals surface area contributed by atoms with Gasteiger partial charge in [-0.15, -0.1) is 4.80 Å². The molecule has 2 bridgehead atoms. The third-order valence-corrected chi connectivity index (χ3v) is 6.13. The van der Waals surface area contributed by atoms with E-state index < -0.39 is 0 Å². The zero-order valence-corrected chi connectivity index (χ0v) is 17.2. The number of fused-ring (bicyclic) bond motifs is 3. The highest BCUT2D eigenvalue weighted by molar-refractivity contribution is 5.97. The first kappa shape index (κ1) is 18.7. The van der Waals surface area contributed by atoms with Crippen molar-refractivity contribution in [3.05, 3.63) is 59.7 Å². The van der Waals surface area contributed by atoms with Gasteiger partial charge in [0.2, 0.25) is 0 Å². The molecule has 1 aliphatic carbocycles. The minimum Gasteiger partial charge on any atom is -0.365 e. The largest absolute Gasteiger partial charge is 0.365 e. The summed E-state index contributed by atoms with van der Waals surface area (Å²) >= 11 is 0. The van der Waals surface area contributed by atoms with Crippen LogP contribution < -0.4 is 5.32 Å².